The molecule has 11 heteroatoms. The number of benzene rings is 1. The minimum Gasteiger partial charge on any atom is -0.324 e. The molecule has 2 rings (SSSR count). The van der Waals surface area contributed by atoms with Gasteiger partial charge >= 0.3 is 5.76 Å². The van der Waals surface area contributed by atoms with E-state index in [4.69, 9.17) is 0 Å². The molecule has 7 nitrogen and oxygen atoms in total. The molecule has 0 saturated carbocycles. The molecular formula is C16H22F2N2O5S2. The lowest BCUT2D eigenvalue weighted by atomic mass is 10.2. The van der Waals surface area contributed by atoms with Crippen molar-refractivity contribution in [3.05, 3.63) is 24.3 Å². The van der Waals surface area contributed by atoms with Crippen LogP contribution in [0, 0.1) is 0 Å². The van der Waals surface area contributed by atoms with Crippen LogP contribution < -0.4 is 5.32 Å². The third kappa shape index (κ3) is 5.45. The first-order chi connectivity index (χ1) is 12.6. The maximum Gasteiger partial charge on any atom is 0.341 e. The summed E-state index contributed by atoms with van der Waals surface area (Å²) in [5.41, 5.74) is -0.224. The average molecular weight is 424 g/mol. The third-order valence-electron chi connectivity index (χ3n) is 4.28. The molecule has 1 fully saturated rings. The van der Waals surface area contributed by atoms with Gasteiger partial charge in [-0.1, -0.05) is 19.1 Å². The molecule has 1 aliphatic heterocycles. The minimum atomic E-state index is -4.86. The largest absolute Gasteiger partial charge is 0.341 e. The summed E-state index contributed by atoms with van der Waals surface area (Å²) in [7, 11) is -7.99. The topological polar surface area (TPSA) is 101 Å². The van der Waals surface area contributed by atoms with E-state index in [0.29, 0.717) is 19.4 Å². The van der Waals surface area contributed by atoms with Gasteiger partial charge in [-0.3, -0.25) is 9.69 Å². The molecule has 0 radical (unpaired) electrons. The summed E-state index contributed by atoms with van der Waals surface area (Å²) in [6.07, 6.45) is 1.12. The van der Waals surface area contributed by atoms with Gasteiger partial charge in [0.15, 0.2) is 9.84 Å². The van der Waals surface area contributed by atoms with Gasteiger partial charge in [-0.25, -0.2) is 16.8 Å². The van der Waals surface area contributed by atoms with E-state index in [9.17, 15) is 30.4 Å². The molecule has 1 N–H and O–H groups in total. The first-order valence-corrected chi connectivity index (χ1v) is 11.8. The van der Waals surface area contributed by atoms with Gasteiger partial charge in [-0.15, -0.1) is 0 Å². The molecule has 1 unspecified atom stereocenters. The summed E-state index contributed by atoms with van der Waals surface area (Å²) in [5.74, 6) is -4.16. The molecule has 1 amide bonds. The van der Waals surface area contributed by atoms with Crippen LogP contribution in [0.3, 0.4) is 0 Å². The van der Waals surface area contributed by atoms with E-state index in [2.05, 4.69) is 5.32 Å². The number of hydrogen-bond acceptors (Lipinski definition) is 6. The van der Waals surface area contributed by atoms with E-state index >= 15 is 0 Å². The molecule has 1 atom stereocenters. The SMILES string of the molecule is CCCN(CC(=O)Nc1ccccc1S(=O)(=O)C(F)F)C1CCS(=O)(=O)C1. The minimum absolute atomic E-state index is 0.0311. The first-order valence-electron chi connectivity index (χ1n) is 8.42. The van der Waals surface area contributed by atoms with Crippen molar-refractivity contribution in [3.8, 4) is 0 Å². The van der Waals surface area contributed by atoms with Crippen LogP contribution in [0.1, 0.15) is 19.8 Å². The summed E-state index contributed by atoms with van der Waals surface area (Å²) < 4.78 is 72.6. The number of para-hydroxylation sites is 1. The van der Waals surface area contributed by atoms with E-state index in [1.54, 1.807) is 4.90 Å². The average Bonchev–Trinajstić information content (AvgIpc) is 2.94. The highest BCUT2D eigenvalue weighted by molar-refractivity contribution is 7.92. The van der Waals surface area contributed by atoms with Crippen molar-refractivity contribution >= 4 is 31.3 Å². The monoisotopic (exact) mass is 424 g/mol. The fourth-order valence-electron chi connectivity index (χ4n) is 3.03. The number of hydrogen-bond donors (Lipinski definition) is 1. The van der Waals surface area contributed by atoms with Gasteiger partial charge in [0.2, 0.25) is 15.7 Å². The van der Waals surface area contributed by atoms with E-state index in [1.165, 1.54) is 18.2 Å². The number of halogens is 2. The highest BCUT2D eigenvalue weighted by Crippen LogP contribution is 2.26. The van der Waals surface area contributed by atoms with Gasteiger partial charge in [-0.2, -0.15) is 8.78 Å². The Hall–Kier alpha value is -1.59. The molecule has 0 aromatic heterocycles. The number of carbonyl (C=O) groups is 1. The fraction of sp³-hybridized carbons (Fsp3) is 0.562. The number of amides is 1. The van der Waals surface area contributed by atoms with Gasteiger partial charge < -0.3 is 5.32 Å². The van der Waals surface area contributed by atoms with Crippen molar-refractivity contribution in [1.29, 1.82) is 0 Å². The van der Waals surface area contributed by atoms with Crippen molar-refractivity contribution in [2.75, 3.05) is 29.9 Å². The third-order valence-corrected chi connectivity index (χ3v) is 7.47. The van der Waals surface area contributed by atoms with Crippen LogP contribution in [0.2, 0.25) is 0 Å². The van der Waals surface area contributed by atoms with Crippen LogP contribution in [0.15, 0.2) is 29.2 Å². The standard InChI is InChI=1S/C16H22F2N2O5S2/c1-2-8-20(12-7-9-26(22,23)11-12)10-15(21)19-13-5-3-4-6-14(13)27(24,25)16(17)18/h3-6,12,16H,2,7-11H2,1H3,(H,19,21). The molecule has 1 aromatic rings. The highest BCUT2D eigenvalue weighted by atomic mass is 32.2. The van der Waals surface area contributed by atoms with Crippen molar-refractivity contribution in [2.24, 2.45) is 0 Å². The van der Waals surface area contributed by atoms with Crippen molar-refractivity contribution in [3.63, 3.8) is 0 Å². The van der Waals surface area contributed by atoms with Gasteiger partial charge in [0, 0.05) is 6.04 Å². The molecule has 0 aliphatic carbocycles. The Labute approximate surface area is 157 Å². The number of rotatable bonds is 8. The van der Waals surface area contributed by atoms with Gasteiger partial charge in [-0.05, 0) is 31.5 Å². The number of carbonyl (C=O) groups excluding carboxylic acids is 1. The normalized spacial score (nSPS) is 19.5. The quantitative estimate of drug-likeness (QED) is 0.679. The maximum absolute atomic E-state index is 12.8. The molecule has 0 spiro atoms. The zero-order valence-corrected chi connectivity index (χ0v) is 16.4. The predicted molar refractivity (Wildman–Crippen MR) is 97.2 cm³/mol. The number of nitrogens with zero attached hydrogens (tertiary/aromatic N) is 1. The lowest BCUT2D eigenvalue weighted by molar-refractivity contribution is -0.117. The van der Waals surface area contributed by atoms with Crippen LogP contribution in [0.5, 0.6) is 0 Å². The molecule has 27 heavy (non-hydrogen) atoms. The maximum atomic E-state index is 12.8. The molecule has 1 aromatic carbocycles. The highest BCUT2D eigenvalue weighted by Gasteiger charge is 2.33. The lowest BCUT2D eigenvalue weighted by Gasteiger charge is -2.27. The summed E-state index contributed by atoms with van der Waals surface area (Å²) in [4.78, 5) is 13.5. The van der Waals surface area contributed by atoms with Gasteiger partial charge in [0.05, 0.1) is 28.6 Å². The number of nitrogens with one attached hydrogen (secondary N) is 1. The molecule has 1 saturated heterocycles. The summed E-state index contributed by atoms with van der Waals surface area (Å²) >= 11 is 0. The Morgan fingerprint density at radius 3 is 2.56 bits per heavy atom. The van der Waals surface area contributed by atoms with Gasteiger partial charge in [0.1, 0.15) is 0 Å². The molecule has 1 aliphatic rings. The Morgan fingerprint density at radius 1 is 1.33 bits per heavy atom. The number of sulfone groups is 2. The van der Waals surface area contributed by atoms with E-state index in [0.717, 1.165) is 6.07 Å². The lowest BCUT2D eigenvalue weighted by Crippen LogP contribution is -2.42. The van der Waals surface area contributed by atoms with Crippen molar-refractivity contribution in [2.45, 2.75) is 36.5 Å². The molecule has 0 bridgehead atoms. The zero-order valence-electron chi connectivity index (χ0n) is 14.8. The smallest absolute Gasteiger partial charge is 0.324 e. The van der Waals surface area contributed by atoms with Crippen LogP contribution >= 0.6 is 0 Å². The second kappa shape index (κ2) is 8.61. The van der Waals surface area contributed by atoms with Crippen molar-refractivity contribution < 1.29 is 30.4 Å². The second-order valence-electron chi connectivity index (χ2n) is 6.38. The van der Waals surface area contributed by atoms with Crippen LogP contribution in [0.25, 0.3) is 0 Å². The van der Waals surface area contributed by atoms with Crippen LogP contribution in [0.4, 0.5) is 14.5 Å². The molecular weight excluding hydrogens is 402 g/mol. The predicted octanol–water partition coefficient (Wildman–Crippen LogP) is 1.52. The second-order valence-corrected chi connectivity index (χ2v) is 10.5. The summed E-state index contributed by atoms with van der Waals surface area (Å²) in [6, 6.07) is 4.66. The number of alkyl halides is 2. The molecule has 1 heterocycles. The van der Waals surface area contributed by atoms with Gasteiger partial charge in [0.25, 0.3) is 0 Å². The number of anilines is 1. The van der Waals surface area contributed by atoms with E-state index in [-0.39, 0.29) is 29.8 Å². The fourth-order valence-corrected chi connectivity index (χ4v) is 5.68. The van der Waals surface area contributed by atoms with Crippen LogP contribution in [-0.2, 0) is 24.5 Å². The first kappa shape index (κ1) is 21.7. The van der Waals surface area contributed by atoms with E-state index < -0.39 is 36.2 Å². The Morgan fingerprint density at radius 2 is 2.00 bits per heavy atom. The summed E-state index contributed by atoms with van der Waals surface area (Å²) in [6.45, 7) is 2.22. The Balaban J connectivity index is 2.15. The van der Waals surface area contributed by atoms with Crippen molar-refractivity contribution in [1.82, 2.24) is 4.90 Å². The van der Waals surface area contributed by atoms with Crippen LogP contribution in [-0.4, -0.2) is 64.0 Å². The zero-order chi connectivity index (χ0) is 20.2. The van der Waals surface area contributed by atoms with E-state index in [1.807, 2.05) is 6.92 Å². The Kier molecular flexibility index (Phi) is 6.92. The summed E-state index contributed by atoms with van der Waals surface area (Å²) in [5, 5.41) is 2.36. The Bertz CT molecular complexity index is 888. The molecule has 152 valence electrons.